The molecule has 1 fully saturated rings. The number of nitrogens with one attached hydrogen (secondary N) is 1. The molecular weight excluding hydrogens is 454 g/mol. The van der Waals surface area contributed by atoms with E-state index in [9.17, 15) is 9.18 Å². The fraction of sp³-hybridized carbons (Fsp3) is 0.435. The third kappa shape index (κ3) is 5.15. The maximum absolute atomic E-state index is 14.2. The molecule has 1 aliphatic heterocycles. The number of amidine groups is 1. The van der Waals surface area contributed by atoms with Crippen LogP contribution < -0.4 is 0 Å². The molecule has 0 saturated carbocycles. The molecule has 1 N–H and O–H groups in total. The predicted molar refractivity (Wildman–Crippen MR) is 125 cm³/mol. The summed E-state index contributed by atoms with van der Waals surface area (Å²) in [5, 5.41) is 9.01. The molecule has 3 rings (SSSR count). The maximum atomic E-state index is 14.2. The van der Waals surface area contributed by atoms with Crippen LogP contribution in [0, 0.1) is 11.2 Å². The number of nitrogens with zero attached hydrogens (tertiary/aromatic N) is 3. The fourth-order valence-corrected chi connectivity index (χ4v) is 4.12. The lowest BCUT2D eigenvalue weighted by Gasteiger charge is -2.45. The van der Waals surface area contributed by atoms with Crippen LogP contribution in [0.2, 0.25) is 10.2 Å². The SMILES string of the molecule is C[C@@H]1CN(C(=O)OC(C)(C)C)[C@H](C)CN1C(=N)c1cc(Cl)c(-c2ccccc2F)nc1Cl. The molecule has 9 heteroatoms. The molecule has 0 aliphatic carbocycles. The van der Waals surface area contributed by atoms with Gasteiger partial charge < -0.3 is 14.5 Å². The van der Waals surface area contributed by atoms with Crippen molar-refractivity contribution in [3.05, 3.63) is 51.9 Å². The van der Waals surface area contributed by atoms with Crippen LogP contribution in [0.4, 0.5) is 9.18 Å². The van der Waals surface area contributed by atoms with E-state index in [1.807, 2.05) is 39.5 Å². The van der Waals surface area contributed by atoms with Gasteiger partial charge in [0.25, 0.3) is 0 Å². The Kier molecular flexibility index (Phi) is 7.00. The molecule has 1 amide bonds. The number of halogens is 3. The summed E-state index contributed by atoms with van der Waals surface area (Å²) in [5.74, 6) is -0.311. The smallest absolute Gasteiger partial charge is 0.410 e. The number of pyridine rings is 1. The lowest BCUT2D eigenvalue weighted by Crippen LogP contribution is -2.60. The van der Waals surface area contributed by atoms with Crippen LogP contribution in [0.5, 0.6) is 0 Å². The highest BCUT2D eigenvalue weighted by Gasteiger charge is 2.36. The van der Waals surface area contributed by atoms with Gasteiger partial charge in [-0.3, -0.25) is 5.41 Å². The third-order valence-electron chi connectivity index (χ3n) is 5.21. The van der Waals surface area contributed by atoms with E-state index in [0.717, 1.165) is 0 Å². The monoisotopic (exact) mass is 480 g/mol. The van der Waals surface area contributed by atoms with E-state index >= 15 is 0 Å². The summed E-state index contributed by atoms with van der Waals surface area (Å²) in [6, 6.07) is 7.37. The molecule has 32 heavy (non-hydrogen) atoms. The van der Waals surface area contributed by atoms with Crippen molar-refractivity contribution in [1.82, 2.24) is 14.8 Å². The van der Waals surface area contributed by atoms with Gasteiger partial charge in [-0.2, -0.15) is 0 Å². The Morgan fingerprint density at radius 3 is 2.38 bits per heavy atom. The number of piperazine rings is 1. The summed E-state index contributed by atoms with van der Waals surface area (Å²) in [5.41, 5.74) is 0.231. The second-order valence-electron chi connectivity index (χ2n) is 8.97. The van der Waals surface area contributed by atoms with Gasteiger partial charge in [0, 0.05) is 30.7 Å². The molecule has 2 aromatic rings. The summed E-state index contributed by atoms with van der Waals surface area (Å²) in [4.78, 5) is 20.4. The summed E-state index contributed by atoms with van der Waals surface area (Å²) < 4.78 is 19.7. The van der Waals surface area contributed by atoms with Crippen LogP contribution in [0.3, 0.4) is 0 Å². The summed E-state index contributed by atoms with van der Waals surface area (Å²) in [6.45, 7) is 10.1. The van der Waals surface area contributed by atoms with Crippen LogP contribution in [0.1, 0.15) is 40.2 Å². The summed E-state index contributed by atoms with van der Waals surface area (Å²) >= 11 is 12.8. The fourth-order valence-electron chi connectivity index (χ4n) is 3.64. The molecule has 1 aliphatic rings. The summed E-state index contributed by atoms with van der Waals surface area (Å²) in [7, 11) is 0. The van der Waals surface area contributed by atoms with Crippen molar-refractivity contribution >= 4 is 35.1 Å². The Morgan fingerprint density at radius 1 is 1.16 bits per heavy atom. The Labute approximate surface area is 197 Å². The summed E-state index contributed by atoms with van der Waals surface area (Å²) in [6.07, 6.45) is -0.375. The van der Waals surface area contributed by atoms with Crippen LogP contribution in [0.15, 0.2) is 30.3 Å². The molecule has 0 spiro atoms. The van der Waals surface area contributed by atoms with Gasteiger partial charge in [-0.15, -0.1) is 0 Å². The van der Waals surface area contributed by atoms with Gasteiger partial charge >= 0.3 is 6.09 Å². The van der Waals surface area contributed by atoms with Gasteiger partial charge in [-0.25, -0.2) is 14.2 Å². The minimum Gasteiger partial charge on any atom is -0.444 e. The number of benzene rings is 1. The Balaban J connectivity index is 1.83. The molecular formula is C23H27Cl2FN4O2. The van der Waals surface area contributed by atoms with Crippen molar-refractivity contribution in [2.75, 3.05) is 13.1 Å². The average Bonchev–Trinajstić information content (AvgIpc) is 2.69. The topological polar surface area (TPSA) is 69.5 Å². The second kappa shape index (κ2) is 9.24. The van der Waals surface area contributed by atoms with E-state index < -0.39 is 11.4 Å². The van der Waals surface area contributed by atoms with Crippen molar-refractivity contribution in [3.8, 4) is 11.3 Å². The minimum atomic E-state index is -0.584. The highest BCUT2D eigenvalue weighted by molar-refractivity contribution is 6.36. The highest BCUT2D eigenvalue weighted by Crippen LogP contribution is 2.32. The zero-order chi connectivity index (χ0) is 23.8. The zero-order valence-corrected chi connectivity index (χ0v) is 20.3. The van der Waals surface area contributed by atoms with Crippen LogP contribution in [-0.2, 0) is 4.74 Å². The predicted octanol–water partition coefficient (Wildman–Crippen LogP) is 5.85. The van der Waals surface area contributed by atoms with Gasteiger partial charge in [0.2, 0.25) is 0 Å². The third-order valence-corrected chi connectivity index (χ3v) is 5.79. The van der Waals surface area contributed by atoms with Gasteiger partial charge in [-0.1, -0.05) is 35.3 Å². The molecule has 2 heterocycles. The first-order valence-corrected chi connectivity index (χ1v) is 11.1. The number of carbonyl (C=O) groups is 1. The first-order chi connectivity index (χ1) is 14.9. The van der Waals surface area contributed by atoms with Gasteiger partial charge in [0.15, 0.2) is 0 Å². The number of ether oxygens (including phenoxy) is 1. The molecule has 2 atom stereocenters. The number of hydrogen-bond acceptors (Lipinski definition) is 4. The lowest BCUT2D eigenvalue weighted by atomic mass is 10.1. The van der Waals surface area contributed by atoms with Gasteiger partial charge in [-0.05, 0) is 52.8 Å². The Morgan fingerprint density at radius 2 is 1.75 bits per heavy atom. The van der Waals surface area contributed by atoms with Crippen LogP contribution in [0.25, 0.3) is 11.3 Å². The first-order valence-electron chi connectivity index (χ1n) is 10.3. The number of hydrogen-bond donors (Lipinski definition) is 1. The van der Waals surface area contributed by atoms with Crippen molar-refractivity contribution < 1.29 is 13.9 Å². The highest BCUT2D eigenvalue weighted by atomic mass is 35.5. The molecule has 6 nitrogen and oxygen atoms in total. The van der Waals surface area contributed by atoms with Crippen molar-refractivity contribution in [3.63, 3.8) is 0 Å². The quantitative estimate of drug-likeness (QED) is 0.332. The van der Waals surface area contributed by atoms with E-state index in [0.29, 0.717) is 18.7 Å². The van der Waals surface area contributed by atoms with Crippen molar-refractivity contribution in [2.24, 2.45) is 0 Å². The molecule has 0 bridgehead atoms. The van der Waals surface area contributed by atoms with E-state index in [1.165, 1.54) is 6.07 Å². The molecule has 172 valence electrons. The van der Waals surface area contributed by atoms with E-state index in [1.54, 1.807) is 29.2 Å². The van der Waals surface area contributed by atoms with Gasteiger partial charge in [0.05, 0.1) is 16.3 Å². The Bertz CT molecular complexity index is 1040. The van der Waals surface area contributed by atoms with E-state index in [4.69, 9.17) is 33.3 Å². The molecule has 1 saturated heterocycles. The first kappa shape index (κ1) is 24.3. The number of rotatable bonds is 2. The molecule has 1 aromatic carbocycles. The largest absolute Gasteiger partial charge is 0.444 e. The second-order valence-corrected chi connectivity index (χ2v) is 9.73. The van der Waals surface area contributed by atoms with Gasteiger partial charge in [0.1, 0.15) is 22.4 Å². The normalized spacial score (nSPS) is 19.1. The maximum Gasteiger partial charge on any atom is 0.410 e. The Hall–Kier alpha value is -2.38. The standard InChI is InChI=1S/C23H27Cl2FN4O2/c1-13-12-30(22(31)32-23(3,4)5)14(2)11-29(13)21(27)16-10-17(24)19(28-20(16)25)15-8-6-7-9-18(15)26/h6-10,13-14,27H,11-12H2,1-5H3/t13-,14-/m1/s1. The number of aromatic nitrogens is 1. The van der Waals surface area contributed by atoms with E-state index in [-0.39, 0.29) is 45.4 Å². The van der Waals surface area contributed by atoms with Crippen LogP contribution in [-0.4, -0.2) is 57.5 Å². The zero-order valence-electron chi connectivity index (χ0n) is 18.7. The molecule has 0 unspecified atom stereocenters. The van der Waals surface area contributed by atoms with Crippen LogP contribution >= 0.6 is 23.2 Å². The lowest BCUT2D eigenvalue weighted by molar-refractivity contribution is 0.000408. The average molecular weight is 481 g/mol. The van der Waals surface area contributed by atoms with Crippen molar-refractivity contribution in [2.45, 2.75) is 52.3 Å². The number of amides is 1. The molecule has 1 aromatic heterocycles. The van der Waals surface area contributed by atoms with E-state index in [2.05, 4.69) is 4.98 Å². The number of carbonyl (C=O) groups excluding carboxylic acids is 1. The molecule has 0 radical (unpaired) electrons. The van der Waals surface area contributed by atoms with Crippen molar-refractivity contribution in [1.29, 1.82) is 5.41 Å². The minimum absolute atomic E-state index is 0.0621.